The minimum Gasteiger partial charge on any atom is -0.299 e. The lowest BCUT2D eigenvalue weighted by Gasteiger charge is -2.55. The summed E-state index contributed by atoms with van der Waals surface area (Å²) >= 11 is 7.34. The maximum absolute atomic E-state index is 11.7. The summed E-state index contributed by atoms with van der Waals surface area (Å²) in [7, 11) is 0. The molecule has 0 aromatic carbocycles. The number of nitrogens with zero attached hydrogens (tertiary/aromatic N) is 2. The Labute approximate surface area is 133 Å². The summed E-state index contributed by atoms with van der Waals surface area (Å²) in [4.78, 5) is 11.7. The van der Waals surface area contributed by atoms with Gasteiger partial charge in [0.05, 0.1) is 0 Å². The van der Waals surface area contributed by atoms with Gasteiger partial charge in [-0.05, 0) is 63.2 Å². The summed E-state index contributed by atoms with van der Waals surface area (Å²) in [6, 6.07) is 0. The molecule has 4 saturated carbocycles. The number of nitrogens with one attached hydrogen (secondary N) is 1. The van der Waals surface area contributed by atoms with E-state index in [1.54, 1.807) is 18.3 Å². The van der Waals surface area contributed by atoms with Crippen molar-refractivity contribution in [2.75, 3.05) is 5.32 Å². The van der Waals surface area contributed by atoms with Crippen molar-refractivity contribution < 1.29 is 4.79 Å². The molecular weight excluding hydrogens is 306 g/mol. The molecule has 4 fully saturated rings. The average Bonchev–Trinajstić information content (AvgIpc) is 2.86. The first-order valence-corrected chi connectivity index (χ1v) is 9.08. The highest BCUT2D eigenvalue weighted by molar-refractivity contribution is 7.15. The van der Waals surface area contributed by atoms with Gasteiger partial charge in [0.2, 0.25) is 11.0 Å². The fourth-order valence-electron chi connectivity index (χ4n) is 5.07. The molecule has 0 aliphatic heterocycles. The molecule has 21 heavy (non-hydrogen) atoms. The molecule has 1 atom stereocenters. The van der Waals surface area contributed by atoms with Crippen molar-refractivity contribution in [3.05, 3.63) is 5.01 Å². The van der Waals surface area contributed by atoms with Crippen LogP contribution >= 0.6 is 22.9 Å². The minimum atomic E-state index is -0.545. The van der Waals surface area contributed by atoms with Crippen LogP contribution in [-0.2, 0) is 10.2 Å². The first-order chi connectivity index (χ1) is 10.0. The number of hydrogen-bond acceptors (Lipinski definition) is 4. The highest BCUT2D eigenvalue weighted by Crippen LogP contribution is 2.61. The van der Waals surface area contributed by atoms with Gasteiger partial charge in [0.15, 0.2) is 0 Å². The van der Waals surface area contributed by atoms with E-state index in [0.717, 1.165) is 22.8 Å². The summed E-state index contributed by atoms with van der Waals surface area (Å²) in [5.41, 5.74) is 0.252. The van der Waals surface area contributed by atoms with Gasteiger partial charge in [0.1, 0.15) is 10.4 Å². The molecule has 0 saturated heterocycles. The van der Waals surface area contributed by atoms with E-state index >= 15 is 0 Å². The number of anilines is 1. The predicted octanol–water partition coefficient (Wildman–Crippen LogP) is 3.57. The van der Waals surface area contributed by atoms with Crippen LogP contribution in [0.3, 0.4) is 0 Å². The van der Waals surface area contributed by atoms with E-state index in [0.29, 0.717) is 5.13 Å². The largest absolute Gasteiger partial charge is 0.299 e. The average molecular weight is 326 g/mol. The Hall–Kier alpha value is -0.680. The number of rotatable bonds is 3. The monoisotopic (exact) mass is 325 g/mol. The molecule has 4 bridgehead atoms. The van der Waals surface area contributed by atoms with Gasteiger partial charge in [0.25, 0.3) is 0 Å². The first-order valence-electron chi connectivity index (χ1n) is 7.83. The standard InChI is InChI=1S/C15H20ClN3OS/c1-8(16)12(20)17-14-19-18-13(21-14)15-5-9-2-10(6-15)4-11(3-9)7-15/h8-11H,2-7H2,1H3,(H,17,19,20)/t8-,9?,10?,11?,15?/m1/s1. The Kier molecular flexibility index (Phi) is 3.26. The van der Waals surface area contributed by atoms with E-state index in [2.05, 4.69) is 15.5 Å². The van der Waals surface area contributed by atoms with Crippen molar-refractivity contribution >= 4 is 34.0 Å². The Morgan fingerprint density at radius 1 is 1.24 bits per heavy atom. The number of amides is 1. The lowest BCUT2D eigenvalue weighted by Crippen LogP contribution is -2.48. The molecule has 6 heteroatoms. The van der Waals surface area contributed by atoms with Gasteiger partial charge in [0, 0.05) is 5.41 Å². The number of carbonyl (C=O) groups is 1. The zero-order valence-corrected chi connectivity index (χ0v) is 13.7. The molecule has 1 amide bonds. The molecule has 4 nitrogen and oxygen atoms in total. The minimum absolute atomic E-state index is 0.204. The maximum Gasteiger partial charge on any atom is 0.243 e. The lowest BCUT2D eigenvalue weighted by atomic mass is 9.50. The van der Waals surface area contributed by atoms with E-state index in [9.17, 15) is 4.79 Å². The van der Waals surface area contributed by atoms with Gasteiger partial charge < -0.3 is 0 Å². The van der Waals surface area contributed by atoms with Crippen molar-refractivity contribution in [3.8, 4) is 0 Å². The molecule has 1 N–H and O–H groups in total. The third-order valence-electron chi connectivity index (χ3n) is 5.51. The predicted molar refractivity (Wildman–Crippen MR) is 83.7 cm³/mol. The highest BCUT2D eigenvalue weighted by Gasteiger charge is 2.53. The first kappa shape index (κ1) is 13.9. The maximum atomic E-state index is 11.7. The second-order valence-electron chi connectivity index (χ2n) is 7.22. The third kappa shape index (κ3) is 2.38. The Balaban J connectivity index is 1.57. The summed E-state index contributed by atoms with van der Waals surface area (Å²) < 4.78 is 0. The van der Waals surface area contributed by atoms with Crippen molar-refractivity contribution in [2.45, 2.75) is 56.2 Å². The zero-order valence-electron chi connectivity index (χ0n) is 12.1. The van der Waals surface area contributed by atoms with E-state index < -0.39 is 5.38 Å². The lowest BCUT2D eigenvalue weighted by molar-refractivity contribution is -0.115. The van der Waals surface area contributed by atoms with Gasteiger partial charge >= 0.3 is 0 Å². The van der Waals surface area contributed by atoms with Crippen LogP contribution in [0.1, 0.15) is 50.5 Å². The van der Waals surface area contributed by atoms with Crippen LogP contribution < -0.4 is 5.32 Å². The summed E-state index contributed by atoms with van der Waals surface area (Å²) in [5, 5.41) is 12.6. The summed E-state index contributed by atoms with van der Waals surface area (Å²) in [6.45, 7) is 1.66. The van der Waals surface area contributed by atoms with Crippen molar-refractivity contribution in [3.63, 3.8) is 0 Å². The fraction of sp³-hybridized carbons (Fsp3) is 0.800. The molecule has 5 rings (SSSR count). The molecule has 4 aliphatic carbocycles. The van der Waals surface area contributed by atoms with Crippen molar-refractivity contribution in [2.24, 2.45) is 17.8 Å². The van der Waals surface area contributed by atoms with Crippen LogP contribution in [0.25, 0.3) is 0 Å². The Bertz CT molecular complexity index is 536. The molecule has 1 aromatic rings. The van der Waals surface area contributed by atoms with Gasteiger partial charge in [-0.15, -0.1) is 21.8 Å². The van der Waals surface area contributed by atoms with Crippen LogP contribution in [-0.4, -0.2) is 21.5 Å². The smallest absolute Gasteiger partial charge is 0.243 e. The fourth-order valence-corrected chi connectivity index (χ4v) is 6.08. The van der Waals surface area contributed by atoms with Gasteiger partial charge in [-0.1, -0.05) is 11.3 Å². The molecule has 1 aromatic heterocycles. The number of halogens is 1. The van der Waals surface area contributed by atoms with E-state index in [-0.39, 0.29) is 11.3 Å². The molecule has 0 spiro atoms. The molecule has 0 unspecified atom stereocenters. The van der Waals surface area contributed by atoms with Gasteiger partial charge in [-0.2, -0.15) is 0 Å². The van der Waals surface area contributed by atoms with E-state index in [1.807, 2.05) is 0 Å². The Morgan fingerprint density at radius 2 is 1.81 bits per heavy atom. The van der Waals surface area contributed by atoms with Crippen molar-refractivity contribution in [1.29, 1.82) is 0 Å². The van der Waals surface area contributed by atoms with Crippen LogP contribution in [0.15, 0.2) is 0 Å². The number of alkyl halides is 1. The Morgan fingerprint density at radius 3 is 2.33 bits per heavy atom. The third-order valence-corrected chi connectivity index (χ3v) is 6.79. The summed E-state index contributed by atoms with van der Waals surface area (Å²) in [5.74, 6) is 2.47. The van der Waals surface area contributed by atoms with Gasteiger partial charge in [-0.3, -0.25) is 10.1 Å². The second kappa shape index (κ2) is 4.92. The molecule has 114 valence electrons. The zero-order chi connectivity index (χ0) is 14.6. The van der Waals surface area contributed by atoms with Crippen LogP contribution in [0, 0.1) is 17.8 Å². The topological polar surface area (TPSA) is 54.9 Å². The van der Waals surface area contributed by atoms with Crippen molar-refractivity contribution in [1.82, 2.24) is 10.2 Å². The molecule has 0 radical (unpaired) electrons. The quantitative estimate of drug-likeness (QED) is 0.864. The van der Waals surface area contributed by atoms with Crippen LogP contribution in [0.2, 0.25) is 0 Å². The number of carbonyl (C=O) groups excluding carboxylic acids is 1. The summed E-state index contributed by atoms with van der Waals surface area (Å²) in [6.07, 6.45) is 8.08. The van der Waals surface area contributed by atoms with Crippen LogP contribution in [0.4, 0.5) is 5.13 Å². The van der Waals surface area contributed by atoms with E-state index in [4.69, 9.17) is 11.6 Å². The van der Waals surface area contributed by atoms with E-state index in [1.165, 1.54) is 38.5 Å². The normalized spacial score (nSPS) is 38.5. The molecule has 4 aliphatic rings. The molecular formula is C15H20ClN3OS. The second-order valence-corrected chi connectivity index (χ2v) is 8.85. The number of aromatic nitrogens is 2. The van der Waals surface area contributed by atoms with Crippen LogP contribution in [0.5, 0.6) is 0 Å². The number of hydrogen-bond donors (Lipinski definition) is 1. The highest BCUT2D eigenvalue weighted by atomic mass is 35.5. The SMILES string of the molecule is C[C@@H](Cl)C(=O)Nc1nnc(C23CC4CC(CC(C4)C2)C3)s1. The molecule has 1 heterocycles. The van der Waals surface area contributed by atoms with Gasteiger partial charge in [-0.25, -0.2) is 0 Å².